The zero-order valence-corrected chi connectivity index (χ0v) is 16.5. The molecule has 0 unspecified atom stereocenters. The maximum absolute atomic E-state index is 11.9. The van der Waals surface area contributed by atoms with Crippen molar-refractivity contribution in [2.75, 3.05) is 31.1 Å². The topological polar surface area (TPSA) is 84.1 Å². The highest BCUT2D eigenvalue weighted by Crippen LogP contribution is 2.26. The molecule has 2 aromatic heterocycles. The van der Waals surface area contributed by atoms with Gasteiger partial charge in [-0.05, 0) is 42.5 Å². The molecular formula is C21H29N5O. The fraction of sp³-hybridized carbons (Fsp3) is 0.476. The first-order valence-electron chi connectivity index (χ1n) is 9.55. The summed E-state index contributed by atoms with van der Waals surface area (Å²) in [4.78, 5) is 23.4. The lowest BCUT2D eigenvalue weighted by atomic mass is 9.89. The van der Waals surface area contributed by atoms with Crippen molar-refractivity contribution < 1.29 is 4.79 Å². The molecule has 144 valence electrons. The van der Waals surface area contributed by atoms with Crippen LogP contribution < -0.4 is 16.0 Å². The Bertz CT molecular complexity index is 806. The van der Waals surface area contributed by atoms with Crippen LogP contribution in [0, 0.1) is 5.41 Å². The molecule has 2 aromatic rings. The summed E-state index contributed by atoms with van der Waals surface area (Å²) in [5, 5.41) is 3.33. The van der Waals surface area contributed by atoms with Gasteiger partial charge in [-0.2, -0.15) is 0 Å². The molecule has 0 radical (unpaired) electrons. The van der Waals surface area contributed by atoms with Gasteiger partial charge in [0.2, 0.25) is 5.91 Å². The van der Waals surface area contributed by atoms with Crippen LogP contribution >= 0.6 is 0 Å². The van der Waals surface area contributed by atoms with Crippen LogP contribution in [0.4, 0.5) is 5.82 Å². The minimum atomic E-state index is -0.433. The largest absolute Gasteiger partial charge is 0.366 e. The van der Waals surface area contributed by atoms with Gasteiger partial charge in [-0.25, -0.2) is 4.98 Å². The van der Waals surface area contributed by atoms with Crippen LogP contribution in [0.5, 0.6) is 0 Å². The van der Waals surface area contributed by atoms with Gasteiger partial charge in [0.05, 0.1) is 5.69 Å². The molecule has 1 aliphatic heterocycles. The summed E-state index contributed by atoms with van der Waals surface area (Å²) >= 11 is 0. The normalized spacial score (nSPS) is 15.0. The van der Waals surface area contributed by atoms with E-state index in [0.29, 0.717) is 5.56 Å². The molecule has 3 rings (SSSR count). The lowest BCUT2D eigenvalue weighted by Gasteiger charge is -2.29. The molecule has 0 aromatic carbocycles. The second-order valence-electron chi connectivity index (χ2n) is 8.30. The molecule has 1 fully saturated rings. The van der Waals surface area contributed by atoms with Crippen molar-refractivity contribution in [1.29, 1.82) is 0 Å². The van der Waals surface area contributed by atoms with E-state index in [-0.39, 0.29) is 5.41 Å². The number of hydrogen-bond acceptors (Lipinski definition) is 5. The third-order valence-corrected chi connectivity index (χ3v) is 4.78. The Kier molecular flexibility index (Phi) is 5.75. The molecular weight excluding hydrogens is 338 g/mol. The van der Waals surface area contributed by atoms with E-state index >= 15 is 0 Å². The fourth-order valence-electron chi connectivity index (χ4n) is 3.14. The summed E-state index contributed by atoms with van der Waals surface area (Å²) in [5.41, 5.74) is 9.09. The average Bonchev–Trinajstić information content (AvgIpc) is 2.66. The van der Waals surface area contributed by atoms with E-state index in [1.807, 2.05) is 12.3 Å². The highest BCUT2D eigenvalue weighted by atomic mass is 16.1. The number of nitrogens with two attached hydrogens (primary N) is 1. The summed E-state index contributed by atoms with van der Waals surface area (Å²) in [6, 6.07) is 7.57. The number of carbonyl (C=O) groups excluding carboxylic acids is 1. The van der Waals surface area contributed by atoms with Crippen molar-refractivity contribution in [2.45, 2.75) is 33.6 Å². The molecule has 0 atom stereocenters. The second-order valence-corrected chi connectivity index (χ2v) is 8.30. The van der Waals surface area contributed by atoms with Gasteiger partial charge in [-0.1, -0.05) is 20.8 Å². The number of nitrogens with one attached hydrogen (secondary N) is 1. The Hall–Kier alpha value is -2.47. The first-order valence-corrected chi connectivity index (χ1v) is 9.55. The number of pyridine rings is 2. The summed E-state index contributed by atoms with van der Waals surface area (Å²) in [5.74, 6) is 0.368. The maximum Gasteiger partial charge on any atom is 0.248 e. The van der Waals surface area contributed by atoms with Crippen LogP contribution in [-0.4, -0.2) is 42.1 Å². The Morgan fingerprint density at radius 2 is 1.96 bits per heavy atom. The van der Waals surface area contributed by atoms with Gasteiger partial charge in [0.15, 0.2) is 0 Å². The fourth-order valence-corrected chi connectivity index (χ4v) is 3.14. The highest BCUT2D eigenvalue weighted by molar-refractivity contribution is 5.94. The van der Waals surface area contributed by atoms with Crippen LogP contribution in [-0.2, 0) is 6.42 Å². The number of carbonyl (C=O) groups is 1. The molecule has 1 amide bonds. The minimum Gasteiger partial charge on any atom is -0.366 e. The molecule has 0 spiro atoms. The minimum absolute atomic E-state index is 0.261. The van der Waals surface area contributed by atoms with Crippen LogP contribution in [0.15, 0.2) is 30.5 Å². The lowest BCUT2D eigenvalue weighted by molar-refractivity contribution is 0.1000. The number of primary amides is 1. The van der Waals surface area contributed by atoms with Gasteiger partial charge in [-0.15, -0.1) is 0 Å². The Morgan fingerprint density at radius 1 is 1.22 bits per heavy atom. The molecule has 0 bridgehead atoms. The monoisotopic (exact) mass is 367 g/mol. The van der Waals surface area contributed by atoms with Crippen molar-refractivity contribution in [1.82, 2.24) is 15.3 Å². The predicted molar refractivity (Wildman–Crippen MR) is 109 cm³/mol. The first-order chi connectivity index (χ1) is 12.8. The summed E-state index contributed by atoms with van der Waals surface area (Å²) in [7, 11) is 0. The van der Waals surface area contributed by atoms with Crippen molar-refractivity contribution in [2.24, 2.45) is 11.1 Å². The van der Waals surface area contributed by atoms with Crippen LogP contribution in [0.2, 0.25) is 0 Å². The van der Waals surface area contributed by atoms with Crippen molar-refractivity contribution in [3.63, 3.8) is 0 Å². The number of aromatic nitrogens is 2. The van der Waals surface area contributed by atoms with E-state index in [1.165, 1.54) is 0 Å². The highest BCUT2D eigenvalue weighted by Gasteiger charge is 2.16. The number of amides is 1. The SMILES string of the molecule is CC(C)(C)CCc1cc(-c2cc(C(N)=O)cc(N3CCNCC3)n2)ccn1. The molecule has 0 aliphatic carbocycles. The average molecular weight is 367 g/mol. The van der Waals surface area contributed by atoms with Crippen molar-refractivity contribution in [3.8, 4) is 11.3 Å². The molecule has 6 nitrogen and oxygen atoms in total. The number of nitrogens with zero attached hydrogens (tertiary/aromatic N) is 3. The van der Waals surface area contributed by atoms with Crippen LogP contribution in [0.25, 0.3) is 11.3 Å². The van der Waals surface area contributed by atoms with Crippen molar-refractivity contribution in [3.05, 3.63) is 41.7 Å². The number of rotatable bonds is 5. The summed E-state index contributed by atoms with van der Waals surface area (Å²) in [6.07, 6.45) is 3.79. The molecule has 6 heteroatoms. The maximum atomic E-state index is 11.9. The summed E-state index contributed by atoms with van der Waals surface area (Å²) in [6.45, 7) is 10.2. The molecule has 3 heterocycles. The zero-order chi connectivity index (χ0) is 19.4. The third kappa shape index (κ3) is 5.26. The standard InChI is InChI=1S/C21H29N5O/c1-21(2,3)6-4-17-12-15(5-7-24-17)18-13-16(20(22)27)14-19(25-18)26-10-8-23-9-11-26/h5,7,12-14,23H,4,6,8-11H2,1-3H3,(H2,22,27). The van der Waals surface area contributed by atoms with E-state index in [2.05, 4.69) is 42.0 Å². The van der Waals surface area contributed by atoms with Gasteiger partial charge in [0.1, 0.15) is 5.82 Å². The Morgan fingerprint density at radius 3 is 2.63 bits per heavy atom. The smallest absolute Gasteiger partial charge is 0.248 e. The zero-order valence-electron chi connectivity index (χ0n) is 16.5. The van der Waals surface area contributed by atoms with E-state index in [9.17, 15) is 4.79 Å². The lowest BCUT2D eigenvalue weighted by Crippen LogP contribution is -2.44. The van der Waals surface area contributed by atoms with Crippen LogP contribution in [0.1, 0.15) is 43.2 Å². The number of anilines is 1. The summed E-state index contributed by atoms with van der Waals surface area (Å²) < 4.78 is 0. The molecule has 1 aliphatic rings. The van der Waals surface area contributed by atoms with Gasteiger partial charge >= 0.3 is 0 Å². The molecule has 0 saturated carbocycles. The first kappa shape index (κ1) is 19.3. The molecule has 27 heavy (non-hydrogen) atoms. The predicted octanol–water partition coefficient (Wildman–Crippen LogP) is 2.63. The molecule has 1 saturated heterocycles. The van der Waals surface area contributed by atoms with E-state index in [4.69, 9.17) is 10.7 Å². The third-order valence-electron chi connectivity index (χ3n) is 4.78. The molecule has 3 N–H and O–H groups in total. The Labute approximate surface area is 161 Å². The second kappa shape index (κ2) is 8.05. The van der Waals surface area contributed by atoms with Gasteiger partial charge in [0.25, 0.3) is 0 Å². The number of hydrogen-bond donors (Lipinski definition) is 2. The van der Waals surface area contributed by atoms with Gasteiger partial charge < -0.3 is 16.0 Å². The Balaban J connectivity index is 1.93. The number of aryl methyl sites for hydroxylation is 1. The van der Waals surface area contributed by atoms with E-state index < -0.39 is 5.91 Å². The van der Waals surface area contributed by atoms with E-state index in [1.54, 1.807) is 12.1 Å². The van der Waals surface area contributed by atoms with Gasteiger partial charge in [-0.3, -0.25) is 9.78 Å². The van der Waals surface area contributed by atoms with Crippen molar-refractivity contribution >= 4 is 11.7 Å². The number of piperazine rings is 1. The van der Waals surface area contributed by atoms with Crippen LogP contribution in [0.3, 0.4) is 0 Å². The van der Waals surface area contributed by atoms with Gasteiger partial charge in [0, 0.05) is 49.2 Å². The van der Waals surface area contributed by atoms with E-state index in [0.717, 1.165) is 61.8 Å². The quantitative estimate of drug-likeness (QED) is 0.849.